The topological polar surface area (TPSA) is 129 Å². The van der Waals surface area contributed by atoms with Gasteiger partial charge in [-0.25, -0.2) is 13.4 Å². The summed E-state index contributed by atoms with van der Waals surface area (Å²) in [5.41, 5.74) is 2.53. The highest BCUT2D eigenvalue weighted by Crippen LogP contribution is 2.29. The first kappa shape index (κ1) is 32.2. The molecule has 4 rings (SSSR count). The number of halogens is 3. The Kier molecular flexibility index (Phi) is 9.97. The van der Waals surface area contributed by atoms with Crippen LogP contribution in [0, 0.1) is 0 Å². The van der Waals surface area contributed by atoms with Gasteiger partial charge in [0.05, 0.1) is 17.0 Å². The third-order valence-corrected chi connectivity index (χ3v) is 9.69. The Labute approximate surface area is 251 Å². The van der Waals surface area contributed by atoms with Crippen molar-refractivity contribution in [2.45, 2.75) is 56.5 Å². The van der Waals surface area contributed by atoms with Gasteiger partial charge in [-0.05, 0) is 41.3 Å². The van der Waals surface area contributed by atoms with Gasteiger partial charge in [0, 0.05) is 38.0 Å². The van der Waals surface area contributed by atoms with Gasteiger partial charge in [0.1, 0.15) is 11.8 Å². The predicted molar refractivity (Wildman–Crippen MR) is 153 cm³/mol. The van der Waals surface area contributed by atoms with E-state index in [0.717, 1.165) is 39.7 Å². The SMILES string of the molecule is CC(C)c1ccc(CNC(=O)[C@H]2CN(c3nc(CCC(=O)O)cs3)CCN2S(=O)(=O)c2ccc(OC(F)(F)F)cc2)cc1. The van der Waals surface area contributed by atoms with Crippen molar-refractivity contribution in [3.8, 4) is 5.75 Å². The molecule has 0 saturated carbocycles. The van der Waals surface area contributed by atoms with Crippen molar-refractivity contribution >= 4 is 38.4 Å². The van der Waals surface area contributed by atoms with Crippen LogP contribution in [-0.4, -0.2) is 66.7 Å². The van der Waals surface area contributed by atoms with Crippen LogP contribution in [0.5, 0.6) is 5.75 Å². The summed E-state index contributed by atoms with van der Waals surface area (Å²) in [7, 11) is -4.31. The number of nitrogens with one attached hydrogen (secondary N) is 1. The highest BCUT2D eigenvalue weighted by Gasteiger charge is 2.41. The van der Waals surface area contributed by atoms with Gasteiger partial charge in [-0.1, -0.05) is 38.1 Å². The number of hydrogen-bond donors (Lipinski definition) is 2. The Morgan fingerprint density at radius 3 is 2.40 bits per heavy atom. The Hall–Kier alpha value is -3.69. The molecule has 2 N–H and O–H groups in total. The second-order valence-electron chi connectivity index (χ2n) is 10.2. The lowest BCUT2D eigenvalue weighted by Gasteiger charge is -2.39. The minimum atomic E-state index is -4.93. The first-order chi connectivity index (χ1) is 20.2. The fourth-order valence-electron chi connectivity index (χ4n) is 4.51. The normalized spacial score (nSPS) is 16.3. The smallest absolute Gasteiger partial charge is 0.481 e. The van der Waals surface area contributed by atoms with E-state index in [1.807, 2.05) is 24.3 Å². The number of thiazole rings is 1. The van der Waals surface area contributed by atoms with Crippen molar-refractivity contribution in [3.05, 3.63) is 70.7 Å². The average molecular weight is 641 g/mol. The number of aliphatic carboxylic acids is 1. The van der Waals surface area contributed by atoms with Crippen LogP contribution < -0.4 is 15.0 Å². The van der Waals surface area contributed by atoms with E-state index in [-0.39, 0.29) is 43.9 Å². The summed E-state index contributed by atoms with van der Waals surface area (Å²) in [6.45, 7) is 4.32. The number of aromatic nitrogens is 1. The summed E-state index contributed by atoms with van der Waals surface area (Å²) in [5.74, 6) is -1.75. The van der Waals surface area contributed by atoms with E-state index in [0.29, 0.717) is 16.7 Å². The standard InChI is InChI=1S/C28H31F3N4O6S2/c1-18(2)20-5-3-19(4-6-20)15-32-26(38)24-16-34(27-33-21(17-42-27)7-12-25(36)37)13-14-35(24)43(39,40)23-10-8-22(9-11-23)41-28(29,30)31/h3-6,8-11,17-18,24H,7,12-16H2,1-2H3,(H,32,38)(H,36,37)/t24-/m1/s1. The molecule has 232 valence electrons. The molecule has 10 nitrogen and oxygen atoms in total. The molecular weight excluding hydrogens is 609 g/mol. The van der Waals surface area contributed by atoms with Crippen molar-refractivity contribution < 1.29 is 41.0 Å². The molecule has 2 heterocycles. The van der Waals surface area contributed by atoms with Crippen molar-refractivity contribution in [2.24, 2.45) is 0 Å². The van der Waals surface area contributed by atoms with Crippen LogP contribution >= 0.6 is 11.3 Å². The number of amides is 1. The van der Waals surface area contributed by atoms with Gasteiger partial charge in [-0.2, -0.15) is 4.31 Å². The summed E-state index contributed by atoms with van der Waals surface area (Å²) < 4.78 is 70.0. The van der Waals surface area contributed by atoms with Crippen LogP contribution in [0.1, 0.15) is 43.0 Å². The van der Waals surface area contributed by atoms with E-state index in [1.165, 1.54) is 11.3 Å². The third kappa shape index (κ3) is 8.45. The highest BCUT2D eigenvalue weighted by atomic mass is 32.2. The fourth-order valence-corrected chi connectivity index (χ4v) is 6.98. The van der Waals surface area contributed by atoms with E-state index in [2.05, 4.69) is 28.9 Å². The Morgan fingerprint density at radius 1 is 1.12 bits per heavy atom. The van der Waals surface area contributed by atoms with Gasteiger partial charge in [0.25, 0.3) is 0 Å². The quantitative estimate of drug-likeness (QED) is 0.316. The molecule has 1 atom stereocenters. The third-order valence-electron chi connectivity index (χ3n) is 6.82. The summed E-state index contributed by atoms with van der Waals surface area (Å²) in [4.78, 5) is 30.4. The molecule has 1 amide bonds. The van der Waals surface area contributed by atoms with Crippen LogP contribution in [0.4, 0.5) is 18.3 Å². The number of benzene rings is 2. The number of carboxylic acids is 1. The molecule has 0 spiro atoms. The fraction of sp³-hybridized carbons (Fsp3) is 0.393. The summed E-state index contributed by atoms with van der Waals surface area (Å²) in [6, 6.07) is 10.3. The number of carboxylic acid groups (broad SMARTS) is 1. The number of carbonyl (C=O) groups excluding carboxylic acids is 1. The zero-order valence-electron chi connectivity index (χ0n) is 23.4. The van der Waals surface area contributed by atoms with Crippen molar-refractivity contribution in [1.29, 1.82) is 0 Å². The molecule has 2 aromatic carbocycles. The van der Waals surface area contributed by atoms with Gasteiger partial charge in [0.15, 0.2) is 5.13 Å². The number of alkyl halides is 3. The number of ether oxygens (including phenoxy) is 1. The molecule has 1 aliphatic heterocycles. The summed E-state index contributed by atoms with van der Waals surface area (Å²) in [5, 5.41) is 14.0. The minimum absolute atomic E-state index is 0.0432. The maximum absolute atomic E-state index is 13.7. The molecule has 0 aliphatic carbocycles. The lowest BCUT2D eigenvalue weighted by molar-refractivity contribution is -0.274. The van der Waals surface area contributed by atoms with Crippen LogP contribution in [-0.2, 0) is 32.6 Å². The molecule has 1 aromatic heterocycles. The minimum Gasteiger partial charge on any atom is -0.481 e. The van der Waals surface area contributed by atoms with E-state index < -0.39 is 40.1 Å². The Morgan fingerprint density at radius 2 is 1.79 bits per heavy atom. The molecule has 1 saturated heterocycles. The Bertz CT molecular complexity index is 1530. The van der Waals surface area contributed by atoms with Gasteiger partial charge in [-0.15, -0.1) is 24.5 Å². The van der Waals surface area contributed by atoms with Gasteiger partial charge < -0.3 is 20.1 Å². The number of carbonyl (C=O) groups is 2. The van der Waals surface area contributed by atoms with Gasteiger partial charge in [-0.3, -0.25) is 9.59 Å². The zero-order valence-corrected chi connectivity index (χ0v) is 25.0. The van der Waals surface area contributed by atoms with E-state index in [9.17, 15) is 31.2 Å². The second kappa shape index (κ2) is 13.3. The van der Waals surface area contributed by atoms with Crippen LogP contribution in [0.25, 0.3) is 0 Å². The number of nitrogens with zero attached hydrogens (tertiary/aromatic N) is 3. The molecular formula is C28H31F3N4O6S2. The molecule has 1 fully saturated rings. The van der Waals surface area contributed by atoms with Crippen LogP contribution in [0.3, 0.4) is 0 Å². The average Bonchev–Trinajstić information content (AvgIpc) is 3.43. The molecule has 0 bridgehead atoms. The van der Waals surface area contributed by atoms with Gasteiger partial charge in [0.2, 0.25) is 15.9 Å². The number of hydrogen-bond acceptors (Lipinski definition) is 8. The van der Waals surface area contributed by atoms with Gasteiger partial charge >= 0.3 is 12.3 Å². The Balaban J connectivity index is 1.56. The second-order valence-corrected chi connectivity index (χ2v) is 13.0. The summed E-state index contributed by atoms with van der Waals surface area (Å²) in [6.07, 6.45) is -4.79. The number of anilines is 1. The summed E-state index contributed by atoms with van der Waals surface area (Å²) >= 11 is 1.26. The van der Waals surface area contributed by atoms with Crippen LogP contribution in [0.15, 0.2) is 58.8 Å². The predicted octanol–water partition coefficient (Wildman–Crippen LogP) is 4.38. The monoisotopic (exact) mass is 640 g/mol. The van der Waals surface area contributed by atoms with E-state index in [1.54, 1.807) is 10.3 Å². The van der Waals surface area contributed by atoms with Crippen LogP contribution in [0.2, 0.25) is 0 Å². The zero-order chi connectivity index (χ0) is 31.4. The lowest BCUT2D eigenvalue weighted by Crippen LogP contribution is -2.60. The maximum Gasteiger partial charge on any atom is 0.573 e. The lowest BCUT2D eigenvalue weighted by atomic mass is 10.0. The van der Waals surface area contributed by atoms with E-state index >= 15 is 0 Å². The molecule has 0 radical (unpaired) electrons. The first-order valence-corrected chi connectivity index (χ1v) is 15.7. The number of sulfonamides is 1. The largest absolute Gasteiger partial charge is 0.573 e. The number of piperazine rings is 1. The van der Waals surface area contributed by atoms with Crippen molar-refractivity contribution in [1.82, 2.24) is 14.6 Å². The van der Waals surface area contributed by atoms with Crippen molar-refractivity contribution in [2.75, 3.05) is 24.5 Å². The molecule has 3 aromatic rings. The van der Waals surface area contributed by atoms with Crippen molar-refractivity contribution in [3.63, 3.8) is 0 Å². The molecule has 1 aliphatic rings. The molecule has 0 unspecified atom stereocenters. The molecule has 43 heavy (non-hydrogen) atoms. The highest BCUT2D eigenvalue weighted by molar-refractivity contribution is 7.89. The van der Waals surface area contributed by atoms with E-state index in [4.69, 9.17) is 5.11 Å². The first-order valence-electron chi connectivity index (χ1n) is 13.4. The maximum atomic E-state index is 13.7. The number of rotatable bonds is 11. The molecule has 15 heteroatoms. The number of aryl methyl sites for hydroxylation is 1.